The van der Waals surface area contributed by atoms with E-state index in [1.165, 1.54) is 0 Å². The van der Waals surface area contributed by atoms with Crippen molar-refractivity contribution in [3.8, 4) is 0 Å². The molecular weight excluding hydrogens is 272 g/mol. The predicted octanol–water partition coefficient (Wildman–Crippen LogP) is 1.03. The minimum Gasteiger partial charge on any atom is -0.277 e. The minimum atomic E-state index is -0.773. The Labute approximate surface area is 123 Å². The Morgan fingerprint density at radius 1 is 1.24 bits per heavy atom. The van der Waals surface area contributed by atoms with Gasteiger partial charge in [0, 0.05) is 18.3 Å². The third kappa shape index (κ3) is 2.68. The van der Waals surface area contributed by atoms with Crippen molar-refractivity contribution in [2.24, 2.45) is 13.0 Å². The molecule has 1 aromatic rings. The van der Waals surface area contributed by atoms with Gasteiger partial charge in [-0.1, -0.05) is 13.3 Å². The van der Waals surface area contributed by atoms with Crippen LogP contribution in [0.5, 0.6) is 0 Å². The fourth-order valence-electron chi connectivity index (χ4n) is 2.56. The molecule has 7 nitrogen and oxygen atoms in total. The summed E-state index contributed by atoms with van der Waals surface area (Å²) in [5, 5.41) is 6.54. The fourth-order valence-corrected chi connectivity index (χ4v) is 2.56. The number of carbonyl (C=O) groups excluding carboxylic acids is 3. The van der Waals surface area contributed by atoms with Crippen molar-refractivity contribution < 1.29 is 14.4 Å². The SMILES string of the molecule is CCCC1C(=O)NC(=O)N(Cc2c(C)nn(C)c2C)C1=O. The second kappa shape index (κ2) is 5.67. The van der Waals surface area contributed by atoms with Crippen LogP contribution in [0.3, 0.4) is 0 Å². The first-order chi connectivity index (χ1) is 9.86. The average molecular weight is 292 g/mol. The van der Waals surface area contributed by atoms with Gasteiger partial charge in [0.1, 0.15) is 5.92 Å². The van der Waals surface area contributed by atoms with E-state index < -0.39 is 23.8 Å². The number of aryl methyl sites for hydroxylation is 2. The van der Waals surface area contributed by atoms with Crippen LogP contribution in [0, 0.1) is 19.8 Å². The van der Waals surface area contributed by atoms with Gasteiger partial charge in [-0.3, -0.25) is 24.5 Å². The van der Waals surface area contributed by atoms with Crippen LogP contribution in [0.4, 0.5) is 4.79 Å². The van der Waals surface area contributed by atoms with E-state index >= 15 is 0 Å². The summed E-state index contributed by atoms with van der Waals surface area (Å²) in [5.41, 5.74) is 2.52. The highest BCUT2D eigenvalue weighted by Gasteiger charge is 2.40. The number of imide groups is 2. The van der Waals surface area contributed by atoms with Gasteiger partial charge in [-0.2, -0.15) is 5.10 Å². The van der Waals surface area contributed by atoms with Crippen LogP contribution in [0.15, 0.2) is 0 Å². The van der Waals surface area contributed by atoms with Crippen molar-refractivity contribution >= 4 is 17.8 Å². The molecule has 0 radical (unpaired) electrons. The number of rotatable bonds is 4. The van der Waals surface area contributed by atoms with Crippen molar-refractivity contribution in [2.75, 3.05) is 0 Å². The Morgan fingerprint density at radius 3 is 2.43 bits per heavy atom. The minimum absolute atomic E-state index is 0.143. The maximum atomic E-state index is 12.4. The highest BCUT2D eigenvalue weighted by molar-refractivity contribution is 6.16. The highest BCUT2D eigenvalue weighted by Crippen LogP contribution is 2.21. The average Bonchev–Trinajstić information content (AvgIpc) is 2.65. The molecule has 1 fully saturated rings. The Hall–Kier alpha value is -2.18. The molecule has 114 valence electrons. The number of hydrogen-bond acceptors (Lipinski definition) is 4. The van der Waals surface area contributed by atoms with E-state index in [0.29, 0.717) is 12.8 Å². The van der Waals surface area contributed by atoms with Crippen molar-refractivity contribution in [2.45, 2.75) is 40.2 Å². The van der Waals surface area contributed by atoms with Crippen LogP contribution in [0.1, 0.15) is 36.7 Å². The zero-order valence-corrected chi connectivity index (χ0v) is 12.8. The quantitative estimate of drug-likeness (QED) is 0.840. The van der Waals surface area contributed by atoms with Gasteiger partial charge in [0.2, 0.25) is 11.8 Å². The van der Waals surface area contributed by atoms with Crippen molar-refractivity contribution in [3.05, 3.63) is 17.0 Å². The summed E-state index contributed by atoms with van der Waals surface area (Å²) in [6, 6.07) is -0.653. The van der Waals surface area contributed by atoms with Gasteiger partial charge in [0.25, 0.3) is 0 Å². The summed E-state index contributed by atoms with van der Waals surface area (Å²) in [7, 11) is 1.81. The summed E-state index contributed by atoms with van der Waals surface area (Å²) in [6.45, 7) is 5.76. The first-order valence-electron chi connectivity index (χ1n) is 7.02. The predicted molar refractivity (Wildman–Crippen MR) is 75.2 cm³/mol. The number of hydrogen-bond donors (Lipinski definition) is 1. The van der Waals surface area contributed by atoms with E-state index in [4.69, 9.17) is 0 Å². The van der Waals surface area contributed by atoms with E-state index in [1.54, 1.807) is 4.68 Å². The lowest BCUT2D eigenvalue weighted by atomic mass is 9.99. The normalized spacial score (nSPS) is 19.1. The number of nitrogens with zero attached hydrogens (tertiary/aromatic N) is 3. The summed E-state index contributed by atoms with van der Waals surface area (Å²) in [5.74, 6) is -1.69. The highest BCUT2D eigenvalue weighted by atomic mass is 16.2. The van der Waals surface area contributed by atoms with Crippen LogP contribution >= 0.6 is 0 Å². The molecule has 0 spiro atoms. The van der Waals surface area contributed by atoms with Crippen LogP contribution in [0.2, 0.25) is 0 Å². The molecule has 1 atom stereocenters. The van der Waals surface area contributed by atoms with Gasteiger partial charge >= 0.3 is 6.03 Å². The zero-order chi connectivity index (χ0) is 15.7. The number of urea groups is 1. The second-order valence-electron chi connectivity index (χ2n) is 5.33. The molecule has 0 saturated carbocycles. The fraction of sp³-hybridized carbons (Fsp3) is 0.571. The number of barbiturate groups is 1. The molecule has 1 aliphatic rings. The second-order valence-corrected chi connectivity index (χ2v) is 5.33. The molecule has 1 aromatic heterocycles. The summed E-state index contributed by atoms with van der Waals surface area (Å²) in [4.78, 5) is 37.2. The van der Waals surface area contributed by atoms with Crippen LogP contribution in [-0.4, -0.2) is 32.5 Å². The molecule has 0 bridgehead atoms. The lowest BCUT2D eigenvalue weighted by Gasteiger charge is -2.30. The monoisotopic (exact) mass is 292 g/mol. The standard InChI is InChI=1S/C14H20N4O3/c1-5-6-10-12(19)15-14(21)18(13(10)20)7-11-8(2)16-17(4)9(11)3/h10H,5-7H2,1-4H3,(H,15,19,21). The molecule has 4 amide bonds. The molecule has 1 saturated heterocycles. The summed E-state index contributed by atoms with van der Waals surface area (Å²) in [6.07, 6.45) is 1.15. The van der Waals surface area contributed by atoms with Crippen LogP contribution < -0.4 is 5.32 Å². The van der Waals surface area contributed by atoms with E-state index in [9.17, 15) is 14.4 Å². The molecule has 1 unspecified atom stereocenters. The first-order valence-corrected chi connectivity index (χ1v) is 7.02. The maximum Gasteiger partial charge on any atom is 0.331 e. The molecule has 0 aromatic carbocycles. The van der Waals surface area contributed by atoms with Crippen LogP contribution in [-0.2, 0) is 23.2 Å². The number of aromatic nitrogens is 2. The molecule has 1 aliphatic heterocycles. The molecular formula is C14H20N4O3. The Kier molecular flexibility index (Phi) is 4.11. The first kappa shape index (κ1) is 15.2. The topological polar surface area (TPSA) is 84.3 Å². The van der Waals surface area contributed by atoms with Gasteiger partial charge in [0.05, 0.1) is 12.2 Å². The van der Waals surface area contributed by atoms with E-state index in [0.717, 1.165) is 21.9 Å². The van der Waals surface area contributed by atoms with E-state index in [-0.39, 0.29) is 6.54 Å². The number of nitrogens with one attached hydrogen (secondary N) is 1. The van der Waals surface area contributed by atoms with E-state index in [2.05, 4.69) is 10.4 Å². The lowest BCUT2D eigenvalue weighted by Crippen LogP contribution is -2.57. The summed E-state index contributed by atoms with van der Waals surface area (Å²) >= 11 is 0. The van der Waals surface area contributed by atoms with Gasteiger partial charge < -0.3 is 0 Å². The van der Waals surface area contributed by atoms with Crippen molar-refractivity contribution in [1.82, 2.24) is 20.0 Å². The van der Waals surface area contributed by atoms with Gasteiger partial charge in [-0.05, 0) is 20.3 Å². The Bertz CT molecular complexity index is 606. The van der Waals surface area contributed by atoms with Gasteiger partial charge in [-0.15, -0.1) is 0 Å². The molecule has 0 aliphatic carbocycles. The van der Waals surface area contributed by atoms with E-state index in [1.807, 2.05) is 27.8 Å². The Balaban J connectivity index is 2.27. The molecule has 7 heteroatoms. The van der Waals surface area contributed by atoms with Crippen LogP contribution in [0.25, 0.3) is 0 Å². The smallest absolute Gasteiger partial charge is 0.277 e. The molecule has 1 N–H and O–H groups in total. The molecule has 2 heterocycles. The third-order valence-electron chi connectivity index (χ3n) is 3.91. The van der Waals surface area contributed by atoms with Gasteiger partial charge in [-0.25, -0.2) is 4.79 Å². The number of amides is 4. The number of carbonyl (C=O) groups is 3. The maximum absolute atomic E-state index is 12.4. The molecule has 2 rings (SSSR count). The summed E-state index contributed by atoms with van der Waals surface area (Å²) < 4.78 is 1.71. The third-order valence-corrected chi connectivity index (χ3v) is 3.91. The largest absolute Gasteiger partial charge is 0.331 e. The zero-order valence-electron chi connectivity index (χ0n) is 12.8. The lowest BCUT2D eigenvalue weighted by molar-refractivity contribution is -0.143. The van der Waals surface area contributed by atoms with Gasteiger partial charge in [0.15, 0.2) is 0 Å². The van der Waals surface area contributed by atoms with Crippen molar-refractivity contribution in [1.29, 1.82) is 0 Å². The van der Waals surface area contributed by atoms with Crippen molar-refractivity contribution in [3.63, 3.8) is 0 Å². The Morgan fingerprint density at radius 2 is 1.90 bits per heavy atom. The molecule has 21 heavy (non-hydrogen) atoms.